The van der Waals surface area contributed by atoms with Crippen LogP contribution in [0.5, 0.6) is 0 Å². The van der Waals surface area contributed by atoms with Crippen molar-refractivity contribution in [3.05, 3.63) is 11.8 Å². The maximum Gasteiger partial charge on any atom is 0.124 e. The summed E-state index contributed by atoms with van der Waals surface area (Å²) in [5.41, 5.74) is 1.30. The third kappa shape index (κ3) is 1.76. The molecule has 0 bridgehead atoms. The molecule has 0 radical (unpaired) electrons. The zero-order valence-electron chi connectivity index (χ0n) is 10.9. The molecule has 1 saturated carbocycles. The van der Waals surface area contributed by atoms with E-state index in [0.29, 0.717) is 12.0 Å². The Morgan fingerprint density at radius 1 is 1.41 bits per heavy atom. The van der Waals surface area contributed by atoms with E-state index in [0.717, 1.165) is 12.5 Å². The topological polar surface area (TPSA) is 29.9 Å². The van der Waals surface area contributed by atoms with Crippen LogP contribution in [0.15, 0.2) is 6.07 Å². The van der Waals surface area contributed by atoms with Crippen LogP contribution in [0.4, 0.5) is 5.82 Å². The Bertz CT molecular complexity index is 392. The van der Waals surface area contributed by atoms with Crippen molar-refractivity contribution < 1.29 is 0 Å². The molecule has 2 aliphatic rings. The van der Waals surface area contributed by atoms with E-state index < -0.39 is 0 Å². The van der Waals surface area contributed by atoms with Crippen LogP contribution in [0.25, 0.3) is 0 Å². The Morgan fingerprint density at radius 3 is 3.00 bits per heavy atom. The first kappa shape index (κ1) is 11.1. The highest BCUT2D eigenvalue weighted by Crippen LogP contribution is 2.41. The average molecular weight is 233 g/mol. The Hall–Kier alpha value is -0.990. The fraction of sp³-hybridized carbons (Fsp3) is 0.786. The minimum Gasteiger partial charge on any atom is -0.370 e. The molecule has 3 heteroatoms. The molecule has 3 nitrogen and oxygen atoms in total. The molecule has 1 aliphatic carbocycles. The Morgan fingerprint density at radius 2 is 2.24 bits per heavy atom. The van der Waals surface area contributed by atoms with Crippen molar-refractivity contribution in [1.82, 2.24) is 9.78 Å². The van der Waals surface area contributed by atoms with E-state index in [1.165, 1.54) is 43.6 Å². The summed E-state index contributed by atoms with van der Waals surface area (Å²) in [6.07, 6.45) is 6.46. The van der Waals surface area contributed by atoms with Crippen molar-refractivity contribution in [1.29, 1.82) is 0 Å². The third-order valence-corrected chi connectivity index (χ3v) is 4.64. The molecule has 3 rings (SSSR count). The van der Waals surface area contributed by atoms with E-state index in [1.807, 2.05) is 0 Å². The molecular weight excluding hydrogens is 210 g/mol. The molecule has 94 valence electrons. The van der Waals surface area contributed by atoms with Gasteiger partial charge in [0, 0.05) is 18.5 Å². The van der Waals surface area contributed by atoms with Gasteiger partial charge < -0.3 is 5.32 Å². The van der Waals surface area contributed by atoms with Crippen LogP contribution < -0.4 is 5.32 Å². The number of aromatic nitrogens is 2. The fourth-order valence-corrected chi connectivity index (χ4v) is 3.52. The van der Waals surface area contributed by atoms with Gasteiger partial charge in [-0.3, -0.25) is 0 Å². The summed E-state index contributed by atoms with van der Waals surface area (Å²) in [5.74, 6) is 2.71. The molecule has 2 atom stereocenters. The third-order valence-electron chi connectivity index (χ3n) is 4.64. The van der Waals surface area contributed by atoms with Gasteiger partial charge in [0.2, 0.25) is 0 Å². The van der Waals surface area contributed by atoms with Crippen LogP contribution in [0.2, 0.25) is 0 Å². The SMILES string of the molecule is CCC(CC)c1cc2n(n1)C1CCCC1CN2. The standard InChI is InChI=1S/C14H23N3/c1-3-10(4-2)12-8-14-15-9-11-6-5-7-13(11)17(14)16-12/h8,10-11,13,15H,3-7,9H2,1-2H3. The summed E-state index contributed by atoms with van der Waals surface area (Å²) in [4.78, 5) is 0. The van der Waals surface area contributed by atoms with E-state index in [9.17, 15) is 0 Å². The van der Waals surface area contributed by atoms with E-state index in [2.05, 4.69) is 29.9 Å². The predicted octanol–water partition coefficient (Wildman–Crippen LogP) is 3.55. The number of hydrogen-bond donors (Lipinski definition) is 1. The molecule has 1 N–H and O–H groups in total. The van der Waals surface area contributed by atoms with Crippen molar-refractivity contribution in [2.75, 3.05) is 11.9 Å². The lowest BCUT2D eigenvalue weighted by Crippen LogP contribution is -2.29. The molecule has 17 heavy (non-hydrogen) atoms. The maximum absolute atomic E-state index is 4.89. The van der Waals surface area contributed by atoms with E-state index in [4.69, 9.17) is 5.10 Å². The van der Waals surface area contributed by atoms with Crippen LogP contribution in [0, 0.1) is 5.92 Å². The molecule has 1 aromatic heterocycles. The summed E-state index contributed by atoms with van der Waals surface area (Å²) in [6, 6.07) is 2.96. The highest BCUT2D eigenvalue weighted by Gasteiger charge is 2.34. The maximum atomic E-state index is 4.89. The summed E-state index contributed by atoms with van der Waals surface area (Å²) in [7, 11) is 0. The minimum atomic E-state index is 0.634. The first-order valence-electron chi connectivity index (χ1n) is 7.16. The summed E-state index contributed by atoms with van der Waals surface area (Å²) in [6.45, 7) is 5.68. The Labute approximate surface area is 104 Å². The highest BCUT2D eigenvalue weighted by molar-refractivity contribution is 5.41. The molecule has 2 heterocycles. The molecule has 1 fully saturated rings. The molecule has 1 aromatic rings. The van der Waals surface area contributed by atoms with Crippen LogP contribution in [-0.2, 0) is 0 Å². The number of fused-ring (bicyclic) bond motifs is 3. The predicted molar refractivity (Wildman–Crippen MR) is 70.4 cm³/mol. The second-order valence-electron chi connectivity index (χ2n) is 5.55. The number of anilines is 1. The highest BCUT2D eigenvalue weighted by atomic mass is 15.4. The molecule has 2 unspecified atom stereocenters. The molecule has 0 spiro atoms. The van der Waals surface area contributed by atoms with Gasteiger partial charge in [0.05, 0.1) is 11.7 Å². The quantitative estimate of drug-likeness (QED) is 0.865. The van der Waals surface area contributed by atoms with Crippen LogP contribution in [-0.4, -0.2) is 16.3 Å². The number of rotatable bonds is 3. The lowest BCUT2D eigenvalue weighted by atomic mass is 9.99. The lowest BCUT2D eigenvalue weighted by molar-refractivity contribution is 0.344. The van der Waals surface area contributed by atoms with Gasteiger partial charge in [-0.25, -0.2) is 4.68 Å². The van der Waals surface area contributed by atoms with Crippen molar-refractivity contribution in [3.8, 4) is 0 Å². The number of nitrogens with zero attached hydrogens (tertiary/aromatic N) is 2. The van der Waals surface area contributed by atoms with Crippen molar-refractivity contribution in [2.24, 2.45) is 5.92 Å². The van der Waals surface area contributed by atoms with Gasteiger partial charge in [-0.05, 0) is 31.6 Å². The zero-order chi connectivity index (χ0) is 11.8. The lowest BCUT2D eigenvalue weighted by Gasteiger charge is -2.28. The number of nitrogens with one attached hydrogen (secondary N) is 1. The molecule has 1 aliphatic heterocycles. The first-order valence-corrected chi connectivity index (χ1v) is 7.16. The van der Waals surface area contributed by atoms with Gasteiger partial charge >= 0.3 is 0 Å². The molecule has 0 saturated heterocycles. The van der Waals surface area contributed by atoms with Crippen LogP contribution in [0.3, 0.4) is 0 Å². The van der Waals surface area contributed by atoms with Crippen LogP contribution in [0.1, 0.15) is 63.6 Å². The molecule has 0 amide bonds. The van der Waals surface area contributed by atoms with Gasteiger partial charge in [-0.15, -0.1) is 0 Å². The zero-order valence-corrected chi connectivity index (χ0v) is 10.9. The monoisotopic (exact) mass is 233 g/mol. The largest absolute Gasteiger partial charge is 0.370 e. The second-order valence-corrected chi connectivity index (χ2v) is 5.55. The number of hydrogen-bond acceptors (Lipinski definition) is 2. The molecule has 0 aromatic carbocycles. The first-order chi connectivity index (χ1) is 8.33. The average Bonchev–Trinajstić information content (AvgIpc) is 2.95. The van der Waals surface area contributed by atoms with Crippen molar-refractivity contribution in [2.45, 2.75) is 57.9 Å². The second kappa shape index (κ2) is 4.35. The molecular formula is C14H23N3. The van der Waals surface area contributed by atoms with Crippen LogP contribution >= 0.6 is 0 Å². The normalized spacial score (nSPS) is 26.8. The fourth-order valence-electron chi connectivity index (χ4n) is 3.52. The summed E-state index contributed by atoms with van der Waals surface area (Å²) < 4.78 is 2.29. The van der Waals surface area contributed by atoms with Crippen molar-refractivity contribution >= 4 is 5.82 Å². The Balaban J connectivity index is 1.91. The Kier molecular flexibility index (Phi) is 2.85. The van der Waals surface area contributed by atoms with E-state index in [1.54, 1.807) is 0 Å². The van der Waals surface area contributed by atoms with E-state index in [-0.39, 0.29) is 0 Å². The minimum absolute atomic E-state index is 0.634. The van der Waals surface area contributed by atoms with Gasteiger partial charge in [-0.2, -0.15) is 5.10 Å². The van der Waals surface area contributed by atoms with Gasteiger partial charge in [0.25, 0.3) is 0 Å². The van der Waals surface area contributed by atoms with Crippen molar-refractivity contribution in [3.63, 3.8) is 0 Å². The van der Waals surface area contributed by atoms with E-state index >= 15 is 0 Å². The van der Waals surface area contributed by atoms with Gasteiger partial charge in [-0.1, -0.05) is 20.3 Å². The van der Waals surface area contributed by atoms with Gasteiger partial charge in [0.1, 0.15) is 5.82 Å². The van der Waals surface area contributed by atoms with Gasteiger partial charge in [0.15, 0.2) is 0 Å². The summed E-state index contributed by atoms with van der Waals surface area (Å²) in [5, 5.41) is 8.45. The summed E-state index contributed by atoms with van der Waals surface area (Å²) >= 11 is 0. The smallest absolute Gasteiger partial charge is 0.124 e.